The van der Waals surface area contributed by atoms with E-state index in [0.29, 0.717) is 5.69 Å². The first-order valence-electron chi connectivity index (χ1n) is 6.52. The van der Waals surface area contributed by atoms with Gasteiger partial charge in [0.2, 0.25) is 0 Å². The molecular weight excluding hydrogens is 249 g/mol. The van der Waals surface area contributed by atoms with E-state index < -0.39 is 17.9 Å². The van der Waals surface area contributed by atoms with Crippen molar-refractivity contribution in [3.8, 4) is 0 Å². The Morgan fingerprint density at radius 2 is 2.16 bits per heavy atom. The summed E-state index contributed by atoms with van der Waals surface area (Å²) in [5.41, 5.74) is 0.746. The molecule has 104 valence electrons. The molecule has 1 aliphatic rings. The highest BCUT2D eigenvalue weighted by atomic mass is 19.1. The highest BCUT2D eigenvalue weighted by molar-refractivity contribution is 5.76. The molecule has 0 saturated carbocycles. The van der Waals surface area contributed by atoms with Crippen LogP contribution in [0.1, 0.15) is 31.4 Å². The van der Waals surface area contributed by atoms with E-state index in [2.05, 4.69) is 0 Å². The van der Waals surface area contributed by atoms with Gasteiger partial charge in [0.05, 0.1) is 12.3 Å². The largest absolute Gasteiger partial charge is 0.464 e. The molecule has 0 aromatic heterocycles. The van der Waals surface area contributed by atoms with Crippen molar-refractivity contribution in [3.63, 3.8) is 0 Å². The number of rotatable bonds is 4. The number of aliphatic hydroxyl groups excluding tert-OH is 1. The fourth-order valence-electron chi connectivity index (χ4n) is 2.26. The number of hydrogen-bond acceptors (Lipinski definition) is 4. The van der Waals surface area contributed by atoms with Gasteiger partial charge in [0, 0.05) is 13.1 Å². The molecule has 0 bridgehead atoms. The number of ether oxygens (including phenoxy) is 1. The first-order chi connectivity index (χ1) is 9.13. The quantitative estimate of drug-likeness (QED) is 0.848. The van der Waals surface area contributed by atoms with E-state index in [9.17, 15) is 14.3 Å². The lowest BCUT2D eigenvalue weighted by atomic mass is 10.1. The summed E-state index contributed by atoms with van der Waals surface area (Å²) in [5, 5.41) is 9.75. The molecule has 1 heterocycles. The van der Waals surface area contributed by atoms with Crippen LogP contribution in [0.25, 0.3) is 0 Å². The number of halogens is 1. The third-order valence-electron chi connectivity index (χ3n) is 3.24. The summed E-state index contributed by atoms with van der Waals surface area (Å²) in [6.07, 6.45) is 0.696. The number of esters is 1. The van der Waals surface area contributed by atoms with Gasteiger partial charge in [0.1, 0.15) is 5.82 Å². The van der Waals surface area contributed by atoms with Crippen molar-refractivity contribution in [1.82, 2.24) is 0 Å². The van der Waals surface area contributed by atoms with Gasteiger partial charge in [-0.1, -0.05) is 6.07 Å². The van der Waals surface area contributed by atoms with Crippen LogP contribution in [0.2, 0.25) is 0 Å². The van der Waals surface area contributed by atoms with Crippen molar-refractivity contribution < 1.29 is 19.0 Å². The Balaban J connectivity index is 2.16. The maximum Gasteiger partial charge on any atom is 0.339 e. The maximum atomic E-state index is 14.0. The Hall–Kier alpha value is -1.62. The van der Waals surface area contributed by atoms with Crippen LogP contribution in [0.15, 0.2) is 18.2 Å². The Morgan fingerprint density at radius 1 is 1.47 bits per heavy atom. The summed E-state index contributed by atoms with van der Waals surface area (Å²) in [4.78, 5) is 13.4. The lowest BCUT2D eigenvalue weighted by Gasteiger charge is -2.19. The number of aliphatic hydroxyl groups is 1. The second kappa shape index (κ2) is 6.02. The zero-order chi connectivity index (χ0) is 13.8. The molecule has 19 heavy (non-hydrogen) atoms. The predicted molar refractivity (Wildman–Crippen MR) is 69.4 cm³/mol. The fraction of sp³-hybridized carbons (Fsp3) is 0.500. The van der Waals surface area contributed by atoms with Gasteiger partial charge in [-0.15, -0.1) is 0 Å². The van der Waals surface area contributed by atoms with Gasteiger partial charge in [-0.05, 0) is 37.5 Å². The van der Waals surface area contributed by atoms with Gasteiger partial charge in [0.15, 0.2) is 6.10 Å². The molecule has 1 aromatic rings. The number of nitrogens with zero attached hydrogens (tertiary/aromatic N) is 1. The van der Waals surface area contributed by atoms with Gasteiger partial charge in [-0.2, -0.15) is 0 Å². The third kappa shape index (κ3) is 3.04. The summed E-state index contributed by atoms with van der Waals surface area (Å²) >= 11 is 0. The van der Waals surface area contributed by atoms with Crippen molar-refractivity contribution in [2.24, 2.45) is 0 Å². The molecule has 2 rings (SSSR count). The van der Waals surface area contributed by atoms with E-state index in [1.54, 1.807) is 19.1 Å². The first-order valence-corrected chi connectivity index (χ1v) is 6.52. The number of carbonyl (C=O) groups excluding carboxylic acids is 1. The number of hydrogen-bond donors (Lipinski definition) is 1. The maximum absolute atomic E-state index is 14.0. The summed E-state index contributed by atoms with van der Waals surface area (Å²) in [7, 11) is 0. The van der Waals surface area contributed by atoms with E-state index in [1.165, 1.54) is 6.07 Å². The summed E-state index contributed by atoms with van der Waals surface area (Å²) in [6, 6.07) is 4.38. The molecule has 0 radical (unpaired) electrons. The molecule has 0 amide bonds. The van der Waals surface area contributed by atoms with Gasteiger partial charge in [-0.25, -0.2) is 9.18 Å². The van der Waals surface area contributed by atoms with E-state index in [0.717, 1.165) is 25.9 Å². The molecular formula is C14H18FNO3. The Morgan fingerprint density at radius 3 is 2.74 bits per heavy atom. The molecule has 1 fully saturated rings. The first kappa shape index (κ1) is 13.8. The SMILES string of the molecule is CCOC(=O)C(O)c1ccc(N2CCCC2)c(F)c1. The topological polar surface area (TPSA) is 49.8 Å². The summed E-state index contributed by atoms with van der Waals surface area (Å²) < 4.78 is 18.7. The average Bonchev–Trinajstić information content (AvgIpc) is 2.91. The van der Waals surface area contributed by atoms with E-state index in [-0.39, 0.29) is 12.2 Å². The van der Waals surface area contributed by atoms with Crippen LogP contribution >= 0.6 is 0 Å². The molecule has 0 spiro atoms. The standard InChI is InChI=1S/C14H18FNO3/c1-2-19-14(18)13(17)10-5-6-12(11(15)9-10)16-7-3-4-8-16/h5-6,9,13,17H,2-4,7-8H2,1H3. The second-order valence-electron chi connectivity index (χ2n) is 4.56. The van der Waals surface area contributed by atoms with Crippen LogP contribution in [0.5, 0.6) is 0 Å². The van der Waals surface area contributed by atoms with Crippen molar-refractivity contribution in [3.05, 3.63) is 29.6 Å². The summed E-state index contributed by atoms with van der Waals surface area (Å²) in [6.45, 7) is 3.53. The van der Waals surface area contributed by atoms with E-state index in [4.69, 9.17) is 4.74 Å². The Bertz CT molecular complexity index is 458. The van der Waals surface area contributed by atoms with Crippen molar-refractivity contribution in [2.75, 3.05) is 24.6 Å². The highest BCUT2D eigenvalue weighted by Crippen LogP contribution is 2.26. The number of carbonyl (C=O) groups is 1. The van der Waals surface area contributed by atoms with E-state index >= 15 is 0 Å². The molecule has 0 aliphatic carbocycles. The van der Waals surface area contributed by atoms with Crippen molar-refractivity contribution in [1.29, 1.82) is 0 Å². The Labute approximate surface area is 111 Å². The lowest BCUT2D eigenvalue weighted by molar-refractivity contribution is -0.153. The van der Waals surface area contributed by atoms with Crippen LogP contribution in [0.4, 0.5) is 10.1 Å². The number of anilines is 1. The van der Waals surface area contributed by atoms with Gasteiger partial charge in [-0.3, -0.25) is 0 Å². The van der Waals surface area contributed by atoms with Crippen molar-refractivity contribution >= 4 is 11.7 Å². The monoisotopic (exact) mass is 267 g/mol. The molecule has 1 N–H and O–H groups in total. The predicted octanol–water partition coefficient (Wildman–Crippen LogP) is 2.02. The zero-order valence-corrected chi connectivity index (χ0v) is 10.9. The molecule has 1 unspecified atom stereocenters. The van der Waals surface area contributed by atoms with Gasteiger partial charge >= 0.3 is 5.97 Å². The third-order valence-corrected chi connectivity index (χ3v) is 3.24. The average molecular weight is 267 g/mol. The van der Waals surface area contributed by atoms with Gasteiger partial charge < -0.3 is 14.7 Å². The molecule has 1 aliphatic heterocycles. The minimum Gasteiger partial charge on any atom is -0.464 e. The smallest absolute Gasteiger partial charge is 0.339 e. The van der Waals surface area contributed by atoms with Crippen LogP contribution in [0.3, 0.4) is 0 Å². The highest BCUT2D eigenvalue weighted by Gasteiger charge is 2.22. The van der Waals surface area contributed by atoms with E-state index in [1.807, 2.05) is 4.90 Å². The molecule has 5 heteroatoms. The minimum absolute atomic E-state index is 0.185. The zero-order valence-electron chi connectivity index (χ0n) is 10.9. The fourth-order valence-corrected chi connectivity index (χ4v) is 2.26. The van der Waals surface area contributed by atoms with Gasteiger partial charge in [0.25, 0.3) is 0 Å². The summed E-state index contributed by atoms with van der Waals surface area (Å²) in [5.74, 6) is -1.17. The van der Waals surface area contributed by atoms with Crippen LogP contribution < -0.4 is 4.90 Å². The van der Waals surface area contributed by atoms with Crippen molar-refractivity contribution in [2.45, 2.75) is 25.9 Å². The van der Waals surface area contributed by atoms with Crippen LogP contribution in [-0.4, -0.2) is 30.8 Å². The normalized spacial score (nSPS) is 16.5. The Kier molecular flexibility index (Phi) is 4.37. The molecule has 1 saturated heterocycles. The molecule has 4 nitrogen and oxygen atoms in total. The van der Waals surface area contributed by atoms with Crippen LogP contribution in [0, 0.1) is 5.82 Å². The molecule has 1 aromatic carbocycles. The van der Waals surface area contributed by atoms with Crippen LogP contribution in [-0.2, 0) is 9.53 Å². The molecule has 1 atom stereocenters. The number of benzene rings is 1. The second-order valence-corrected chi connectivity index (χ2v) is 4.56. The minimum atomic E-state index is -1.43. The lowest BCUT2D eigenvalue weighted by Crippen LogP contribution is -2.20.